The number of amides is 1. The molecule has 0 aliphatic heterocycles. The van der Waals surface area contributed by atoms with Gasteiger partial charge in [-0.05, 0) is 116 Å². The largest absolute Gasteiger partial charge is 0.756 e. The third-order valence-electron chi connectivity index (χ3n) is 13.0. The third kappa shape index (κ3) is 61.6. The van der Waals surface area contributed by atoms with E-state index in [0.717, 1.165) is 109 Å². The molecule has 1 amide bonds. The maximum Gasteiger partial charge on any atom is 0.268 e. The highest BCUT2D eigenvalue weighted by Gasteiger charge is 2.23. The van der Waals surface area contributed by atoms with Gasteiger partial charge < -0.3 is 28.8 Å². The van der Waals surface area contributed by atoms with Crippen LogP contribution in [0.3, 0.4) is 0 Å². The smallest absolute Gasteiger partial charge is 0.268 e. The standard InChI is InChI=1S/C70H117N2O6P/c1-6-8-10-12-14-16-18-20-22-24-26-28-29-30-31-32-33-34-35-36-37-38-39-40-41-42-43-44-46-48-50-52-54-56-58-60-62-64-70(74)71-68(67-78-79(75,76)77-66-65-72(3,4)5)69(73)63-61-59-57-55-53-51-49-47-45-27-25-23-21-19-17-15-13-11-9-7-2/h8,10,14,16,20,22,26,28,30-31,33-34,36-37,39-40,42-43,46,48,52-55,61,63,68-69,73H,6-7,9,11-13,15,17-19,21,23-25,27,29,32,35,38,41,44-45,47,49-51,56-60,62,64-67H2,1-5H3,(H-,71,74,75,76)/b10-8-,16-14-,22-20-,28-26-,31-30-,34-33-,37-36-,40-39-,43-42-,48-46-,54-52-,55-53+,63-61+. The van der Waals surface area contributed by atoms with Crippen LogP contribution in [0, 0.1) is 0 Å². The Kier molecular flexibility index (Phi) is 55.9. The predicted octanol–water partition coefficient (Wildman–Crippen LogP) is 19.2. The maximum atomic E-state index is 13.0. The van der Waals surface area contributed by atoms with Crippen molar-refractivity contribution in [3.05, 3.63) is 158 Å². The fraction of sp³-hybridized carbons (Fsp3) is 0.614. The van der Waals surface area contributed by atoms with Gasteiger partial charge in [-0.15, -0.1) is 0 Å². The Morgan fingerprint density at radius 3 is 1.18 bits per heavy atom. The molecule has 8 nitrogen and oxygen atoms in total. The van der Waals surface area contributed by atoms with E-state index in [1.54, 1.807) is 6.08 Å². The highest BCUT2D eigenvalue weighted by atomic mass is 31.2. The number of phosphoric acid groups is 1. The Hall–Kier alpha value is -3.88. The summed E-state index contributed by atoms with van der Waals surface area (Å²) in [5, 5.41) is 13.9. The first kappa shape index (κ1) is 75.1. The number of likely N-dealkylation sites (N-methyl/N-ethyl adjacent to an activating group) is 1. The Morgan fingerprint density at radius 2 is 0.785 bits per heavy atom. The van der Waals surface area contributed by atoms with Gasteiger partial charge in [0.05, 0.1) is 39.9 Å². The summed E-state index contributed by atoms with van der Waals surface area (Å²) in [4.78, 5) is 25.5. The van der Waals surface area contributed by atoms with Gasteiger partial charge in [0.2, 0.25) is 5.91 Å². The Morgan fingerprint density at radius 1 is 0.456 bits per heavy atom. The topological polar surface area (TPSA) is 108 Å². The molecule has 2 N–H and O–H groups in total. The van der Waals surface area contributed by atoms with E-state index >= 15 is 0 Å². The summed E-state index contributed by atoms with van der Waals surface area (Å²) >= 11 is 0. The van der Waals surface area contributed by atoms with E-state index in [0.29, 0.717) is 17.4 Å². The minimum absolute atomic E-state index is 0.0218. The molecule has 0 spiro atoms. The number of nitrogens with one attached hydrogen (secondary N) is 1. The van der Waals surface area contributed by atoms with E-state index in [4.69, 9.17) is 9.05 Å². The zero-order chi connectivity index (χ0) is 57.7. The second-order valence-corrected chi connectivity index (χ2v) is 23.1. The molecule has 0 aliphatic carbocycles. The van der Waals surface area contributed by atoms with Crippen molar-refractivity contribution in [2.45, 2.75) is 238 Å². The number of rotatable bonds is 55. The molecule has 448 valence electrons. The average molecular weight is 1110 g/mol. The Balaban J connectivity index is 4.31. The zero-order valence-corrected chi connectivity index (χ0v) is 51.9. The molecule has 0 saturated carbocycles. The van der Waals surface area contributed by atoms with Gasteiger partial charge in [-0.2, -0.15) is 0 Å². The molecule has 0 bridgehead atoms. The number of quaternary nitrogens is 1. The molecule has 3 atom stereocenters. The van der Waals surface area contributed by atoms with Crippen LogP contribution in [0.25, 0.3) is 0 Å². The molecule has 0 heterocycles. The summed E-state index contributed by atoms with van der Waals surface area (Å²) in [6, 6.07) is -0.934. The molecule has 0 aromatic carbocycles. The number of hydrogen-bond donors (Lipinski definition) is 2. The van der Waals surface area contributed by atoms with Crippen LogP contribution in [0.1, 0.15) is 226 Å². The lowest BCUT2D eigenvalue weighted by molar-refractivity contribution is -0.870. The van der Waals surface area contributed by atoms with Gasteiger partial charge in [-0.1, -0.05) is 262 Å². The summed E-state index contributed by atoms with van der Waals surface area (Å²) < 4.78 is 23.3. The van der Waals surface area contributed by atoms with Crippen LogP contribution < -0.4 is 10.2 Å². The first-order valence-corrected chi connectivity index (χ1v) is 32.8. The lowest BCUT2D eigenvalue weighted by Gasteiger charge is -2.29. The highest BCUT2D eigenvalue weighted by Crippen LogP contribution is 2.38. The molecule has 0 rings (SSSR count). The van der Waals surface area contributed by atoms with Crippen molar-refractivity contribution in [1.82, 2.24) is 5.32 Å². The first-order valence-electron chi connectivity index (χ1n) is 31.3. The molecule has 0 aliphatic rings. The zero-order valence-electron chi connectivity index (χ0n) is 51.0. The predicted molar refractivity (Wildman–Crippen MR) is 343 cm³/mol. The molecule has 0 aromatic heterocycles. The van der Waals surface area contributed by atoms with Crippen molar-refractivity contribution < 1.29 is 32.9 Å². The van der Waals surface area contributed by atoms with Gasteiger partial charge in [0.1, 0.15) is 13.2 Å². The summed E-state index contributed by atoms with van der Waals surface area (Å²) in [7, 11) is 1.20. The number of allylic oxidation sites excluding steroid dienone is 25. The SMILES string of the molecule is CC/C=C\C/C=C\C/C=C\C/C=C\C/C=C\C/C=C\C/C=C\C/C=C\C/C=C\C/C=C\C/C=C\CCCCCC(=O)NC(COP(=O)([O-])OCC[N+](C)(C)C)C(O)/C=C/CC/C=C/CCCCCCCCCCCCCCCC. The van der Waals surface area contributed by atoms with Crippen LogP contribution in [0.2, 0.25) is 0 Å². The second kappa shape index (κ2) is 58.8. The van der Waals surface area contributed by atoms with Crippen molar-refractivity contribution in [3.63, 3.8) is 0 Å². The van der Waals surface area contributed by atoms with E-state index in [1.165, 1.54) is 89.9 Å². The van der Waals surface area contributed by atoms with Crippen molar-refractivity contribution in [3.8, 4) is 0 Å². The van der Waals surface area contributed by atoms with E-state index < -0.39 is 26.6 Å². The fourth-order valence-electron chi connectivity index (χ4n) is 8.11. The highest BCUT2D eigenvalue weighted by molar-refractivity contribution is 7.45. The van der Waals surface area contributed by atoms with Crippen LogP contribution >= 0.6 is 7.82 Å². The average Bonchev–Trinajstić information content (AvgIpc) is 3.42. The van der Waals surface area contributed by atoms with Crippen molar-refractivity contribution in [2.24, 2.45) is 0 Å². The van der Waals surface area contributed by atoms with Crippen LogP contribution in [0.15, 0.2) is 158 Å². The van der Waals surface area contributed by atoms with E-state index in [-0.39, 0.29) is 18.9 Å². The van der Waals surface area contributed by atoms with Gasteiger partial charge >= 0.3 is 0 Å². The third-order valence-corrected chi connectivity index (χ3v) is 13.9. The summed E-state index contributed by atoms with van der Waals surface area (Å²) in [6.07, 6.45) is 91.9. The number of nitrogens with zero attached hydrogens (tertiary/aromatic N) is 1. The molecule has 0 saturated heterocycles. The second-order valence-electron chi connectivity index (χ2n) is 21.7. The minimum Gasteiger partial charge on any atom is -0.756 e. The van der Waals surface area contributed by atoms with Crippen molar-refractivity contribution in [1.29, 1.82) is 0 Å². The fourth-order valence-corrected chi connectivity index (χ4v) is 8.84. The Labute approximate surface area is 486 Å². The van der Waals surface area contributed by atoms with Crippen LogP contribution in [0.5, 0.6) is 0 Å². The number of carbonyl (C=O) groups is 1. The number of carbonyl (C=O) groups excluding carboxylic acids is 1. The van der Waals surface area contributed by atoms with Gasteiger partial charge in [-0.25, -0.2) is 0 Å². The lowest BCUT2D eigenvalue weighted by Crippen LogP contribution is -2.45. The monoisotopic (exact) mass is 1110 g/mol. The van der Waals surface area contributed by atoms with E-state index in [2.05, 4.69) is 165 Å². The normalized spacial score (nSPS) is 14.9. The van der Waals surface area contributed by atoms with Crippen LogP contribution in [-0.2, 0) is 18.4 Å². The number of phosphoric ester groups is 1. The molecule has 0 fully saturated rings. The lowest BCUT2D eigenvalue weighted by atomic mass is 10.0. The minimum atomic E-state index is -4.63. The number of aliphatic hydroxyl groups is 1. The summed E-state index contributed by atoms with van der Waals surface area (Å²) in [6.45, 7) is 4.48. The Bertz CT molecular complexity index is 1840. The van der Waals surface area contributed by atoms with Crippen molar-refractivity contribution >= 4 is 13.7 Å². The molecular weight excluding hydrogens is 996 g/mol. The quantitative estimate of drug-likeness (QED) is 0.0272. The van der Waals surface area contributed by atoms with Gasteiger partial charge in [0.25, 0.3) is 7.82 Å². The molecule has 3 unspecified atom stereocenters. The molecular formula is C70H117N2O6P. The number of aliphatic hydroxyl groups excluding tert-OH is 1. The number of hydrogen-bond acceptors (Lipinski definition) is 6. The first-order chi connectivity index (χ1) is 38.5. The van der Waals surface area contributed by atoms with E-state index in [9.17, 15) is 19.4 Å². The van der Waals surface area contributed by atoms with E-state index in [1.807, 2.05) is 27.2 Å². The summed E-state index contributed by atoms with van der Waals surface area (Å²) in [5.74, 6) is -0.245. The van der Waals surface area contributed by atoms with Crippen LogP contribution in [-0.4, -0.2) is 68.5 Å². The van der Waals surface area contributed by atoms with Gasteiger partial charge in [0.15, 0.2) is 0 Å². The van der Waals surface area contributed by atoms with Crippen LogP contribution in [0.4, 0.5) is 0 Å². The summed E-state index contributed by atoms with van der Waals surface area (Å²) in [5.41, 5.74) is 0. The molecule has 0 aromatic rings. The van der Waals surface area contributed by atoms with Gasteiger partial charge in [0, 0.05) is 6.42 Å². The van der Waals surface area contributed by atoms with Gasteiger partial charge in [-0.3, -0.25) is 9.36 Å². The molecule has 9 heteroatoms. The molecule has 79 heavy (non-hydrogen) atoms. The van der Waals surface area contributed by atoms with Crippen molar-refractivity contribution in [2.75, 3.05) is 40.9 Å². The number of unbranched alkanes of at least 4 members (excludes halogenated alkanes) is 18. The molecule has 0 radical (unpaired) electrons. The maximum absolute atomic E-state index is 13.0.